The molecule has 0 aliphatic heterocycles. The van der Waals surface area contributed by atoms with Crippen molar-refractivity contribution in [3.8, 4) is 16.9 Å². The summed E-state index contributed by atoms with van der Waals surface area (Å²) in [6, 6.07) is 4.70. The van der Waals surface area contributed by atoms with Crippen LogP contribution in [-0.4, -0.2) is 49.0 Å². The van der Waals surface area contributed by atoms with E-state index >= 15 is 0 Å². The van der Waals surface area contributed by atoms with Gasteiger partial charge in [-0.05, 0) is 50.7 Å². The van der Waals surface area contributed by atoms with Crippen LogP contribution in [0.4, 0.5) is 8.78 Å². The van der Waals surface area contributed by atoms with Crippen molar-refractivity contribution in [2.75, 3.05) is 33.9 Å². The molecule has 0 unspecified atom stereocenters. The number of methoxy groups -OCH3 is 1. The van der Waals surface area contributed by atoms with Crippen molar-refractivity contribution >= 4 is 0 Å². The first-order valence-electron chi connectivity index (χ1n) is 9.64. The van der Waals surface area contributed by atoms with Crippen molar-refractivity contribution < 1.29 is 18.3 Å². The van der Waals surface area contributed by atoms with Crippen molar-refractivity contribution in [3.05, 3.63) is 35.2 Å². The molecule has 1 aromatic heterocycles. The number of nitrogens with one attached hydrogen (secondary N) is 1. The maximum atomic E-state index is 14.1. The van der Waals surface area contributed by atoms with Crippen LogP contribution in [0.25, 0.3) is 11.1 Å². The normalized spacial score (nSPS) is 12.0. The largest absolute Gasteiger partial charge is 0.491 e. The van der Waals surface area contributed by atoms with Gasteiger partial charge in [0.2, 0.25) is 0 Å². The number of unbranched alkanes of at least 4 members (excludes halogenated alkanes) is 1. The standard InChI is InChI=1S/C21H31F2N3O2/c1-6-7-8-26(4)14-19-20(15(2)24-25-19)16-11-17(21(3,22)23)13-18(12-16)28-10-9-27-5/h11-13H,6-10,14H2,1-5H3,(H,24,25). The van der Waals surface area contributed by atoms with E-state index in [0.29, 0.717) is 31.1 Å². The third kappa shape index (κ3) is 6.01. The minimum Gasteiger partial charge on any atom is -0.491 e. The van der Waals surface area contributed by atoms with Gasteiger partial charge in [-0.3, -0.25) is 5.10 Å². The summed E-state index contributed by atoms with van der Waals surface area (Å²) in [6.45, 7) is 7.24. The molecular formula is C21H31F2N3O2. The van der Waals surface area contributed by atoms with Crippen molar-refractivity contribution in [3.63, 3.8) is 0 Å². The van der Waals surface area contributed by atoms with Gasteiger partial charge in [0.1, 0.15) is 12.4 Å². The lowest BCUT2D eigenvalue weighted by Gasteiger charge is -2.18. The molecule has 28 heavy (non-hydrogen) atoms. The van der Waals surface area contributed by atoms with Crippen LogP contribution < -0.4 is 4.74 Å². The molecule has 1 aromatic carbocycles. The summed E-state index contributed by atoms with van der Waals surface area (Å²) >= 11 is 0. The molecule has 0 bridgehead atoms. The highest BCUT2D eigenvalue weighted by Crippen LogP contribution is 2.36. The molecule has 7 heteroatoms. The summed E-state index contributed by atoms with van der Waals surface area (Å²) in [5, 5.41) is 7.42. The highest BCUT2D eigenvalue weighted by Gasteiger charge is 2.27. The van der Waals surface area contributed by atoms with E-state index in [1.165, 1.54) is 12.1 Å². The molecular weight excluding hydrogens is 364 g/mol. The van der Waals surface area contributed by atoms with Gasteiger partial charge in [-0.25, -0.2) is 8.78 Å². The fraction of sp³-hybridized carbons (Fsp3) is 0.571. The molecule has 156 valence electrons. The Hall–Kier alpha value is -1.99. The number of rotatable bonds is 11. The number of nitrogens with zero attached hydrogens (tertiary/aromatic N) is 2. The molecule has 1 N–H and O–H groups in total. The Morgan fingerprint density at radius 1 is 1.21 bits per heavy atom. The van der Waals surface area contributed by atoms with Crippen LogP contribution in [0.15, 0.2) is 18.2 Å². The Balaban J connectivity index is 2.40. The highest BCUT2D eigenvalue weighted by molar-refractivity contribution is 5.71. The lowest BCUT2D eigenvalue weighted by atomic mass is 9.98. The van der Waals surface area contributed by atoms with Gasteiger partial charge in [-0.2, -0.15) is 5.10 Å². The average molecular weight is 395 g/mol. The molecule has 0 saturated heterocycles. The van der Waals surface area contributed by atoms with Crippen molar-refractivity contribution in [1.82, 2.24) is 15.1 Å². The Kier molecular flexibility index (Phi) is 7.95. The molecule has 0 fully saturated rings. The van der Waals surface area contributed by atoms with E-state index in [-0.39, 0.29) is 5.56 Å². The van der Waals surface area contributed by atoms with Gasteiger partial charge < -0.3 is 14.4 Å². The third-order valence-corrected chi connectivity index (χ3v) is 4.59. The molecule has 2 rings (SSSR count). The molecule has 1 heterocycles. The average Bonchev–Trinajstić information content (AvgIpc) is 2.99. The van der Waals surface area contributed by atoms with Gasteiger partial charge in [-0.15, -0.1) is 0 Å². The maximum absolute atomic E-state index is 14.1. The Morgan fingerprint density at radius 3 is 2.61 bits per heavy atom. The summed E-state index contributed by atoms with van der Waals surface area (Å²) in [6.07, 6.45) is 2.22. The predicted molar refractivity (Wildman–Crippen MR) is 107 cm³/mol. The van der Waals surface area contributed by atoms with Gasteiger partial charge in [0.25, 0.3) is 5.92 Å². The monoisotopic (exact) mass is 395 g/mol. The van der Waals surface area contributed by atoms with Crippen LogP contribution in [0.5, 0.6) is 5.75 Å². The van der Waals surface area contributed by atoms with E-state index in [0.717, 1.165) is 43.3 Å². The smallest absolute Gasteiger partial charge is 0.270 e. The molecule has 0 aliphatic carbocycles. The van der Waals surface area contributed by atoms with Gasteiger partial charge in [0.05, 0.1) is 12.3 Å². The minimum atomic E-state index is -2.97. The molecule has 0 amide bonds. The Bertz CT molecular complexity index is 757. The van der Waals surface area contributed by atoms with E-state index in [9.17, 15) is 8.78 Å². The van der Waals surface area contributed by atoms with Crippen LogP contribution >= 0.6 is 0 Å². The number of aryl methyl sites for hydroxylation is 1. The third-order valence-electron chi connectivity index (χ3n) is 4.59. The molecule has 0 atom stereocenters. The Morgan fingerprint density at radius 2 is 1.96 bits per heavy atom. The number of aromatic nitrogens is 2. The SMILES string of the molecule is CCCCN(C)Cc1n[nH]c(C)c1-c1cc(OCCOC)cc(C(C)(F)F)c1. The van der Waals surface area contributed by atoms with Crippen molar-refractivity contribution in [1.29, 1.82) is 0 Å². The molecule has 0 saturated carbocycles. The van der Waals surface area contributed by atoms with E-state index < -0.39 is 5.92 Å². The fourth-order valence-corrected chi connectivity index (χ4v) is 3.06. The summed E-state index contributed by atoms with van der Waals surface area (Å²) in [7, 11) is 3.61. The second kappa shape index (κ2) is 9.98. The maximum Gasteiger partial charge on any atom is 0.270 e. The predicted octanol–water partition coefficient (Wildman–Crippen LogP) is 4.75. The van der Waals surface area contributed by atoms with Crippen LogP contribution in [0.3, 0.4) is 0 Å². The number of hydrogen-bond acceptors (Lipinski definition) is 4. The number of ether oxygens (including phenoxy) is 2. The number of alkyl halides is 2. The summed E-state index contributed by atoms with van der Waals surface area (Å²) in [5.74, 6) is -2.57. The van der Waals surface area contributed by atoms with Crippen LogP contribution in [0.1, 0.15) is 43.6 Å². The molecule has 0 aliphatic rings. The van der Waals surface area contributed by atoms with E-state index in [4.69, 9.17) is 9.47 Å². The zero-order valence-corrected chi connectivity index (χ0v) is 17.4. The number of benzene rings is 1. The first kappa shape index (κ1) is 22.3. The lowest BCUT2D eigenvalue weighted by Crippen LogP contribution is -2.19. The van der Waals surface area contributed by atoms with Crippen molar-refractivity contribution in [2.45, 2.75) is 46.1 Å². The van der Waals surface area contributed by atoms with Gasteiger partial charge in [-0.1, -0.05) is 13.3 Å². The van der Waals surface area contributed by atoms with E-state index in [1.54, 1.807) is 13.2 Å². The lowest BCUT2D eigenvalue weighted by molar-refractivity contribution is 0.0172. The van der Waals surface area contributed by atoms with Gasteiger partial charge in [0.15, 0.2) is 0 Å². The highest BCUT2D eigenvalue weighted by atomic mass is 19.3. The van der Waals surface area contributed by atoms with Crippen LogP contribution in [-0.2, 0) is 17.2 Å². The fourth-order valence-electron chi connectivity index (χ4n) is 3.06. The van der Waals surface area contributed by atoms with Gasteiger partial charge in [0, 0.05) is 37.4 Å². The Labute approximate surface area is 166 Å². The van der Waals surface area contributed by atoms with Crippen LogP contribution in [0.2, 0.25) is 0 Å². The zero-order chi connectivity index (χ0) is 20.7. The molecule has 5 nitrogen and oxygen atoms in total. The van der Waals surface area contributed by atoms with E-state index in [2.05, 4.69) is 22.0 Å². The number of H-pyrrole nitrogens is 1. The van der Waals surface area contributed by atoms with Gasteiger partial charge >= 0.3 is 0 Å². The molecule has 0 spiro atoms. The molecule has 2 aromatic rings. The second-order valence-electron chi connectivity index (χ2n) is 7.24. The number of aromatic amines is 1. The minimum absolute atomic E-state index is 0.0803. The van der Waals surface area contributed by atoms with E-state index in [1.807, 2.05) is 14.0 Å². The zero-order valence-electron chi connectivity index (χ0n) is 17.4. The summed E-state index contributed by atoms with van der Waals surface area (Å²) in [4.78, 5) is 2.19. The topological polar surface area (TPSA) is 50.4 Å². The first-order valence-corrected chi connectivity index (χ1v) is 9.64. The van der Waals surface area contributed by atoms with Crippen LogP contribution in [0, 0.1) is 6.92 Å². The quantitative estimate of drug-likeness (QED) is 0.558. The first-order chi connectivity index (χ1) is 13.3. The molecule has 0 radical (unpaired) electrons. The second-order valence-corrected chi connectivity index (χ2v) is 7.24. The van der Waals surface area contributed by atoms with Crippen molar-refractivity contribution in [2.24, 2.45) is 0 Å². The number of halogens is 2. The number of hydrogen-bond donors (Lipinski definition) is 1. The summed E-state index contributed by atoms with van der Waals surface area (Å²) in [5.41, 5.74) is 3.14. The summed E-state index contributed by atoms with van der Waals surface area (Å²) < 4.78 is 38.8.